The van der Waals surface area contributed by atoms with Crippen molar-refractivity contribution in [3.8, 4) is 12.3 Å². The SMILES string of the molecule is C#Cc1cncc(S(=O)O)c1. The molecule has 0 amide bonds. The van der Waals surface area contributed by atoms with Crippen LogP contribution in [0.3, 0.4) is 0 Å². The minimum Gasteiger partial charge on any atom is -0.302 e. The van der Waals surface area contributed by atoms with Crippen LogP contribution in [0.4, 0.5) is 0 Å². The van der Waals surface area contributed by atoms with Crippen LogP contribution in [0.2, 0.25) is 0 Å². The van der Waals surface area contributed by atoms with Crippen molar-refractivity contribution in [1.82, 2.24) is 4.98 Å². The largest absolute Gasteiger partial charge is 0.302 e. The molecule has 1 atom stereocenters. The first kappa shape index (κ1) is 7.92. The van der Waals surface area contributed by atoms with Crippen LogP contribution in [0.5, 0.6) is 0 Å². The average molecular weight is 167 g/mol. The van der Waals surface area contributed by atoms with Crippen LogP contribution in [0, 0.1) is 12.3 Å². The number of terminal acetylenes is 1. The van der Waals surface area contributed by atoms with E-state index >= 15 is 0 Å². The standard InChI is InChI=1S/C7H5NO2S/c1-2-6-3-7(11(9)10)5-8-4-6/h1,3-5H,(H,9,10). The normalized spacial score (nSPS) is 12.0. The Balaban J connectivity index is 3.13. The highest BCUT2D eigenvalue weighted by molar-refractivity contribution is 7.79. The minimum absolute atomic E-state index is 0.223. The van der Waals surface area contributed by atoms with Crippen molar-refractivity contribution in [1.29, 1.82) is 0 Å². The Hall–Kier alpha value is -1.18. The molecular formula is C7H5NO2S. The molecule has 0 bridgehead atoms. The van der Waals surface area contributed by atoms with Gasteiger partial charge in [-0.1, -0.05) is 5.92 Å². The summed E-state index contributed by atoms with van der Waals surface area (Å²) in [6.07, 6.45) is 7.81. The Kier molecular flexibility index (Phi) is 2.36. The second-order valence-electron chi connectivity index (χ2n) is 1.80. The summed E-state index contributed by atoms with van der Waals surface area (Å²) in [5.41, 5.74) is 0.505. The van der Waals surface area contributed by atoms with Crippen molar-refractivity contribution in [2.45, 2.75) is 4.90 Å². The first-order valence-corrected chi connectivity index (χ1v) is 3.87. The molecule has 1 unspecified atom stereocenters. The van der Waals surface area contributed by atoms with Crippen LogP contribution in [0.15, 0.2) is 23.4 Å². The zero-order valence-electron chi connectivity index (χ0n) is 5.52. The maximum atomic E-state index is 10.5. The molecule has 1 aromatic rings. The van der Waals surface area contributed by atoms with Gasteiger partial charge in [-0.3, -0.25) is 4.98 Å². The van der Waals surface area contributed by atoms with E-state index in [4.69, 9.17) is 11.0 Å². The molecule has 1 heterocycles. The topological polar surface area (TPSA) is 50.2 Å². The second-order valence-corrected chi connectivity index (χ2v) is 2.77. The van der Waals surface area contributed by atoms with E-state index < -0.39 is 11.1 Å². The Morgan fingerprint density at radius 3 is 2.91 bits per heavy atom. The highest BCUT2D eigenvalue weighted by Crippen LogP contribution is 2.04. The van der Waals surface area contributed by atoms with Gasteiger partial charge in [0.2, 0.25) is 0 Å². The van der Waals surface area contributed by atoms with E-state index in [0.717, 1.165) is 0 Å². The van der Waals surface area contributed by atoms with E-state index in [0.29, 0.717) is 5.56 Å². The van der Waals surface area contributed by atoms with E-state index in [1.54, 1.807) is 0 Å². The predicted octanol–water partition coefficient (Wildman–Crippen LogP) is 0.643. The quantitative estimate of drug-likeness (QED) is 0.493. The lowest BCUT2D eigenvalue weighted by atomic mass is 10.3. The maximum absolute atomic E-state index is 10.5. The molecule has 0 fully saturated rings. The van der Waals surface area contributed by atoms with Crippen molar-refractivity contribution in [3.05, 3.63) is 24.0 Å². The van der Waals surface area contributed by atoms with Gasteiger partial charge in [0.15, 0.2) is 11.1 Å². The fourth-order valence-corrected chi connectivity index (χ4v) is 0.972. The van der Waals surface area contributed by atoms with Gasteiger partial charge in [-0.25, -0.2) is 4.21 Å². The third-order valence-corrected chi connectivity index (χ3v) is 1.71. The van der Waals surface area contributed by atoms with Crippen LogP contribution >= 0.6 is 0 Å². The molecule has 0 saturated carbocycles. The zero-order chi connectivity index (χ0) is 8.27. The molecule has 1 N–H and O–H groups in total. The first-order valence-electron chi connectivity index (χ1n) is 2.76. The molecule has 11 heavy (non-hydrogen) atoms. The summed E-state index contributed by atoms with van der Waals surface area (Å²) in [7, 11) is 0. The van der Waals surface area contributed by atoms with Crippen LogP contribution in [-0.2, 0) is 11.1 Å². The lowest BCUT2D eigenvalue weighted by Crippen LogP contribution is -1.90. The number of hydrogen-bond donors (Lipinski definition) is 1. The van der Waals surface area contributed by atoms with Gasteiger partial charge in [0.25, 0.3) is 0 Å². The molecule has 56 valence electrons. The third kappa shape index (κ3) is 1.87. The van der Waals surface area contributed by atoms with Crippen molar-refractivity contribution in [3.63, 3.8) is 0 Å². The van der Waals surface area contributed by atoms with Crippen LogP contribution in [0.25, 0.3) is 0 Å². The Morgan fingerprint density at radius 2 is 2.36 bits per heavy atom. The molecule has 3 nitrogen and oxygen atoms in total. The van der Waals surface area contributed by atoms with Gasteiger partial charge in [-0.05, 0) is 6.07 Å². The summed E-state index contributed by atoms with van der Waals surface area (Å²) >= 11 is -2.00. The first-order chi connectivity index (χ1) is 5.24. The fourth-order valence-electron chi connectivity index (χ4n) is 0.593. The van der Waals surface area contributed by atoms with E-state index in [1.165, 1.54) is 18.5 Å². The van der Waals surface area contributed by atoms with E-state index in [9.17, 15) is 4.21 Å². The highest BCUT2D eigenvalue weighted by atomic mass is 32.2. The summed E-state index contributed by atoms with van der Waals surface area (Å²) in [4.78, 5) is 3.90. The van der Waals surface area contributed by atoms with Crippen molar-refractivity contribution in [2.24, 2.45) is 0 Å². The van der Waals surface area contributed by atoms with Crippen molar-refractivity contribution in [2.75, 3.05) is 0 Å². The third-order valence-electron chi connectivity index (χ3n) is 1.08. The van der Waals surface area contributed by atoms with E-state index in [1.807, 2.05) is 0 Å². The highest BCUT2D eigenvalue weighted by Gasteiger charge is 1.99. The lowest BCUT2D eigenvalue weighted by molar-refractivity contribution is 0.564. The van der Waals surface area contributed by atoms with Crippen LogP contribution in [0.1, 0.15) is 5.56 Å². The Bertz CT molecular complexity index is 329. The van der Waals surface area contributed by atoms with Crippen molar-refractivity contribution >= 4 is 11.1 Å². The van der Waals surface area contributed by atoms with E-state index in [2.05, 4.69) is 10.9 Å². The maximum Gasteiger partial charge on any atom is 0.188 e. The van der Waals surface area contributed by atoms with Crippen LogP contribution < -0.4 is 0 Å². The molecule has 0 radical (unpaired) electrons. The average Bonchev–Trinajstić information content (AvgIpc) is 2.05. The Morgan fingerprint density at radius 1 is 1.64 bits per heavy atom. The second kappa shape index (κ2) is 3.28. The van der Waals surface area contributed by atoms with Gasteiger partial charge in [0.1, 0.15) is 0 Å². The molecule has 1 aromatic heterocycles. The molecule has 0 aliphatic rings. The van der Waals surface area contributed by atoms with E-state index in [-0.39, 0.29) is 4.90 Å². The zero-order valence-corrected chi connectivity index (χ0v) is 6.34. The van der Waals surface area contributed by atoms with Gasteiger partial charge in [-0.15, -0.1) is 6.42 Å². The van der Waals surface area contributed by atoms with Gasteiger partial charge < -0.3 is 4.55 Å². The van der Waals surface area contributed by atoms with Gasteiger partial charge in [0.05, 0.1) is 4.90 Å². The molecule has 0 spiro atoms. The smallest absolute Gasteiger partial charge is 0.188 e. The van der Waals surface area contributed by atoms with Crippen LogP contribution in [-0.4, -0.2) is 13.7 Å². The fraction of sp³-hybridized carbons (Fsp3) is 0. The minimum atomic E-state index is -2.00. The van der Waals surface area contributed by atoms with Gasteiger partial charge >= 0.3 is 0 Å². The van der Waals surface area contributed by atoms with Crippen molar-refractivity contribution < 1.29 is 8.76 Å². The van der Waals surface area contributed by atoms with Gasteiger partial charge in [0, 0.05) is 18.0 Å². The molecule has 0 aromatic carbocycles. The van der Waals surface area contributed by atoms with Gasteiger partial charge in [-0.2, -0.15) is 0 Å². The summed E-state index contributed by atoms with van der Waals surface area (Å²) < 4.78 is 19.1. The number of nitrogens with zero attached hydrogens (tertiary/aromatic N) is 1. The number of aromatic nitrogens is 1. The lowest BCUT2D eigenvalue weighted by Gasteiger charge is -1.93. The summed E-state index contributed by atoms with van der Waals surface area (Å²) in [5.74, 6) is 2.31. The monoisotopic (exact) mass is 167 g/mol. The number of rotatable bonds is 1. The number of pyridine rings is 1. The summed E-state index contributed by atoms with van der Waals surface area (Å²) in [6, 6.07) is 1.45. The molecule has 0 aliphatic carbocycles. The molecule has 4 heteroatoms. The summed E-state index contributed by atoms with van der Waals surface area (Å²) in [5, 5.41) is 0. The predicted molar refractivity (Wildman–Crippen MR) is 41.2 cm³/mol. The molecule has 0 aliphatic heterocycles. The number of hydrogen-bond acceptors (Lipinski definition) is 2. The summed E-state index contributed by atoms with van der Waals surface area (Å²) in [6.45, 7) is 0. The Labute approximate surface area is 66.8 Å². The molecular weight excluding hydrogens is 162 g/mol. The molecule has 1 rings (SSSR count). The molecule has 0 saturated heterocycles.